The van der Waals surface area contributed by atoms with E-state index in [9.17, 15) is 9.90 Å². The minimum Gasteiger partial charge on any atom is -0.478 e. The molecule has 146 valence electrons. The van der Waals surface area contributed by atoms with E-state index in [0.717, 1.165) is 30.4 Å². The third-order valence-electron chi connectivity index (χ3n) is 5.29. The topological polar surface area (TPSA) is 37.3 Å². The Morgan fingerprint density at radius 3 is 2.11 bits per heavy atom. The molecule has 0 radical (unpaired) electrons. The van der Waals surface area contributed by atoms with Crippen molar-refractivity contribution in [3.05, 3.63) is 59.2 Å². The number of rotatable bonds is 12. The number of hydrogen-bond acceptors (Lipinski definition) is 1. The molecular formula is C25H34O2. The maximum absolute atomic E-state index is 11.8. The van der Waals surface area contributed by atoms with Crippen molar-refractivity contribution in [1.82, 2.24) is 0 Å². The lowest BCUT2D eigenvalue weighted by Crippen LogP contribution is -2.05. The van der Waals surface area contributed by atoms with Gasteiger partial charge in [0, 0.05) is 0 Å². The molecule has 0 aromatic heterocycles. The average molecular weight is 367 g/mol. The van der Waals surface area contributed by atoms with E-state index >= 15 is 0 Å². The highest BCUT2D eigenvalue weighted by molar-refractivity contribution is 5.92. The van der Waals surface area contributed by atoms with E-state index < -0.39 is 5.97 Å². The molecule has 2 heteroatoms. The van der Waals surface area contributed by atoms with Crippen molar-refractivity contribution in [2.45, 2.75) is 78.1 Å². The smallest absolute Gasteiger partial charge is 0.335 e. The fourth-order valence-electron chi connectivity index (χ4n) is 3.78. The first-order chi connectivity index (χ1) is 13.2. The maximum Gasteiger partial charge on any atom is 0.335 e. The number of unbranched alkanes of at least 4 members (excludes halogenated alkanes) is 6. The molecule has 0 fully saturated rings. The van der Waals surface area contributed by atoms with Crippen molar-refractivity contribution >= 4 is 5.97 Å². The Morgan fingerprint density at radius 2 is 1.37 bits per heavy atom. The first kappa shape index (κ1) is 21.2. The molecule has 0 saturated heterocycles. The van der Waals surface area contributed by atoms with Crippen LogP contribution in [0.1, 0.15) is 86.7 Å². The standard InChI is InChI=1S/C25H34O2/c1-3-5-7-8-10-17-23-22(18-13-19-24(23)25(26)27)21-16-12-11-15-20(21)14-9-6-4-2/h11-13,15-16,18-19H,3-10,14,17H2,1-2H3,(H,26,27). The lowest BCUT2D eigenvalue weighted by molar-refractivity contribution is 0.0695. The molecule has 27 heavy (non-hydrogen) atoms. The maximum atomic E-state index is 11.8. The molecule has 0 spiro atoms. The fraction of sp³-hybridized carbons (Fsp3) is 0.480. The van der Waals surface area contributed by atoms with Crippen LogP contribution in [-0.4, -0.2) is 11.1 Å². The highest BCUT2D eigenvalue weighted by Gasteiger charge is 2.16. The molecule has 0 amide bonds. The SMILES string of the molecule is CCCCCCCc1c(C(=O)O)cccc1-c1ccccc1CCCCC. The molecule has 0 aliphatic rings. The summed E-state index contributed by atoms with van der Waals surface area (Å²) in [6.45, 7) is 4.44. The molecule has 2 rings (SSSR count). The molecule has 1 N–H and O–H groups in total. The third kappa shape index (κ3) is 6.23. The number of carboxylic acid groups (broad SMARTS) is 1. The summed E-state index contributed by atoms with van der Waals surface area (Å²) in [6.07, 6.45) is 11.4. The van der Waals surface area contributed by atoms with Crippen molar-refractivity contribution in [3.8, 4) is 11.1 Å². The summed E-state index contributed by atoms with van der Waals surface area (Å²) in [6, 6.07) is 14.3. The second-order valence-electron chi connectivity index (χ2n) is 7.42. The second kappa shape index (κ2) is 11.6. The lowest BCUT2D eigenvalue weighted by atomic mass is 9.88. The third-order valence-corrected chi connectivity index (χ3v) is 5.29. The zero-order valence-electron chi connectivity index (χ0n) is 17.0. The molecule has 0 heterocycles. The number of carboxylic acids is 1. The lowest BCUT2D eigenvalue weighted by Gasteiger charge is -2.16. The van der Waals surface area contributed by atoms with Crippen molar-refractivity contribution in [2.75, 3.05) is 0 Å². The van der Waals surface area contributed by atoms with Gasteiger partial charge < -0.3 is 5.11 Å². The van der Waals surface area contributed by atoms with E-state index in [1.54, 1.807) is 6.07 Å². The van der Waals surface area contributed by atoms with Crippen LogP contribution in [-0.2, 0) is 12.8 Å². The number of aryl methyl sites for hydroxylation is 1. The van der Waals surface area contributed by atoms with Gasteiger partial charge in [-0.25, -0.2) is 4.79 Å². The molecular weight excluding hydrogens is 332 g/mol. The number of hydrogen-bond donors (Lipinski definition) is 1. The van der Waals surface area contributed by atoms with E-state index in [1.165, 1.54) is 56.1 Å². The van der Waals surface area contributed by atoms with Gasteiger partial charge in [0.15, 0.2) is 0 Å². The molecule has 2 aromatic rings. The Balaban J connectivity index is 2.33. The van der Waals surface area contributed by atoms with Crippen LogP contribution in [0.15, 0.2) is 42.5 Å². The van der Waals surface area contributed by atoms with Crippen LogP contribution in [0, 0.1) is 0 Å². The zero-order valence-corrected chi connectivity index (χ0v) is 17.0. The van der Waals surface area contributed by atoms with E-state index in [0.29, 0.717) is 5.56 Å². The predicted molar refractivity (Wildman–Crippen MR) is 115 cm³/mol. The molecule has 0 unspecified atom stereocenters. The molecule has 0 bridgehead atoms. The second-order valence-corrected chi connectivity index (χ2v) is 7.42. The van der Waals surface area contributed by atoms with Gasteiger partial charge in [0.1, 0.15) is 0 Å². The van der Waals surface area contributed by atoms with Gasteiger partial charge in [-0.3, -0.25) is 0 Å². The van der Waals surface area contributed by atoms with Crippen LogP contribution in [0.25, 0.3) is 11.1 Å². The average Bonchev–Trinajstić information content (AvgIpc) is 2.68. The van der Waals surface area contributed by atoms with E-state index in [-0.39, 0.29) is 0 Å². The Morgan fingerprint density at radius 1 is 0.741 bits per heavy atom. The predicted octanol–water partition coefficient (Wildman–Crippen LogP) is 7.30. The summed E-state index contributed by atoms with van der Waals surface area (Å²) >= 11 is 0. The van der Waals surface area contributed by atoms with Gasteiger partial charge in [-0.1, -0.05) is 88.8 Å². The molecule has 0 atom stereocenters. The number of carbonyl (C=O) groups is 1. The zero-order chi connectivity index (χ0) is 19.5. The highest BCUT2D eigenvalue weighted by atomic mass is 16.4. The minimum absolute atomic E-state index is 0.464. The van der Waals surface area contributed by atoms with Crippen LogP contribution in [0.4, 0.5) is 0 Å². The quantitative estimate of drug-likeness (QED) is 0.400. The van der Waals surface area contributed by atoms with Gasteiger partial charge in [0.25, 0.3) is 0 Å². The van der Waals surface area contributed by atoms with E-state index in [4.69, 9.17) is 0 Å². The van der Waals surface area contributed by atoms with Gasteiger partial charge in [-0.2, -0.15) is 0 Å². The van der Waals surface area contributed by atoms with Crippen LogP contribution in [0.2, 0.25) is 0 Å². The summed E-state index contributed by atoms with van der Waals surface area (Å²) in [5.74, 6) is -0.816. The Hall–Kier alpha value is -2.09. The normalized spacial score (nSPS) is 10.9. The van der Waals surface area contributed by atoms with Gasteiger partial charge in [-0.15, -0.1) is 0 Å². The van der Waals surface area contributed by atoms with Crippen LogP contribution in [0.5, 0.6) is 0 Å². The van der Waals surface area contributed by atoms with E-state index in [2.05, 4.69) is 44.2 Å². The summed E-state index contributed by atoms with van der Waals surface area (Å²) in [7, 11) is 0. The molecule has 0 aliphatic carbocycles. The first-order valence-corrected chi connectivity index (χ1v) is 10.6. The van der Waals surface area contributed by atoms with Crippen molar-refractivity contribution in [2.24, 2.45) is 0 Å². The van der Waals surface area contributed by atoms with E-state index in [1.807, 2.05) is 6.07 Å². The monoisotopic (exact) mass is 366 g/mol. The summed E-state index contributed by atoms with van der Waals surface area (Å²) < 4.78 is 0. The Labute approximate surface area is 164 Å². The fourth-order valence-corrected chi connectivity index (χ4v) is 3.78. The van der Waals surface area contributed by atoms with Crippen molar-refractivity contribution in [3.63, 3.8) is 0 Å². The van der Waals surface area contributed by atoms with Crippen LogP contribution in [0.3, 0.4) is 0 Å². The van der Waals surface area contributed by atoms with Gasteiger partial charge in [0.2, 0.25) is 0 Å². The Kier molecular flexibility index (Phi) is 9.10. The largest absolute Gasteiger partial charge is 0.478 e. The number of benzene rings is 2. The number of aromatic carboxylic acids is 1. The van der Waals surface area contributed by atoms with Crippen LogP contribution < -0.4 is 0 Å². The summed E-state index contributed by atoms with van der Waals surface area (Å²) in [5, 5.41) is 9.72. The van der Waals surface area contributed by atoms with Crippen LogP contribution >= 0.6 is 0 Å². The van der Waals surface area contributed by atoms with Crippen molar-refractivity contribution in [1.29, 1.82) is 0 Å². The molecule has 2 nitrogen and oxygen atoms in total. The van der Waals surface area contributed by atoms with Gasteiger partial charge >= 0.3 is 5.97 Å². The molecule has 2 aromatic carbocycles. The highest BCUT2D eigenvalue weighted by Crippen LogP contribution is 2.31. The van der Waals surface area contributed by atoms with Gasteiger partial charge in [0.05, 0.1) is 5.56 Å². The molecule has 0 aliphatic heterocycles. The van der Waals surface area contributed by atoms with Gasteiger partial charge in [-0.05, 0) is 54.0 Å². The minimum atomic E-state index is -0.816. The summed E-state index contributed by atoms with van der Waals surface area (Å²) in [4.78, 5) is 11.8. The Bertz CT molecular complexity index is 718. The molecule has 0 saturated carbocycles. The first-order valence-electron chi connectivity index (χ1n) is 10.6. The summed E-state index contributed by atoms with van der Waals surface area (Å²) in [5.41, 5.74) is 5.12. The van der Waals surface area contributed by atoms with Crippen molar-refractivity contribution < 1.29 is 9.90 Å².